The molecule has 1 aromatic rings. The Kier molecular flexibility index (Phi) is 5.62. The van der Waals surface area contributed by atoms with E-state index in [1.54, 1.807) is 0 Å². The number of nitrogens with zero attached hydrogens (tertiary/aromatic N) is 1. The third kappa shape index (κ3) is 4.49. The predicted molar refractivity (Wildman–Crippen MR) is 91.8 cm³/mol. The summed E-state index contributed by atoms with van der Waals surface area (Å²) >= 11 is 0. The molecule has 2 aliphatic heterocycles. The Labute approximate surface area is 148 Å². The second kappa shape index (κ2) is 7.57. The van der Waals surface area contributed by atoms with Crippen LogP contribution in [0.5, 0.6) is 5.75 Å². The minimum absolute atomic E-state index is 0.126. The molecule has 6 nitrogen and oxygen atoms in total. The van der Waals surface area contributed by atoms with Crippen molar-refractivity contribution in [2.75, 3.05) is 26.4 Å². The molecule has 0 radical (unpaired) electrons. The SMILES string of the molecule is C[C@H]1C[C@H](C)CN(S(=O)(=O)NCCc2cc(F)cc3c2OCOC3)C1. The van der Waals surface area contributed by atoms with Crippen molar-refractivity contribution in [3.05, 3.63) is 29.1 Å². The summed E-state index contributed by atoms with van der Waals surface area (Å²) in [5.74, 6) is 0.935. The fourth-order valence-corrected chi connectivity index (χ4v) is 5.09. The number of hydrogen-bond donors (Lipinski definition) is 1. The van der Waals surface area contributed by atoms with Crippen LogP contribution in [0.15, 0.2) is 12.1 Å². The number of nitrogens with one attached hydrogen (secondary N) is 1. The minimum Gasteiger partial charge on any atom is -0.467 e. The summed E-state index contributed by atoms with van der Waals surface area (Å²) < 4.78 is 53.5. The lowest BCUT2D eigenvalue weighted by atomic mass is 9.94. The van der Waals surface area contributed by atoms with Crippen LogP contribution in [0.3, 0.4) is 0 Å². The standard InChI is InChI=1S/C17H25FN2O4S/c1-12-5-13(2)9-20(8-12)25(21,22)19-4-3-14-6-16(18)7-15-10-23-11-24-17(14)15/h6-7,12-13,19H,3-5,8-11H2,1-2H3/t12-,13-/m0/s1. The van der Waals surface area contributed by atoms with Crippen LogP contribution in [0.4, 0.5) is 4.39 Å². The summed E-state index contributed by atoms with van der Waals surface area (Å²) in [5, 5.41) is 0. The van der Waals surface area contributed by atoms with Gasteiger partial charge in [-0.05, 0) is 42.4 Å². The van der Waals surface area contributed by atoms with E-state index >= 15 is 0 Å². The quantitative estimate of drug-likeness (QED) is 0.859. The van der Waals surface area contributed by atoms with Crippen LogP contribution < -0.4 is 9.46 Å². The summed E-state index contributed by atoms with van der Waals surface area (Å²) in [4.78, 5) is 0. The highest BCUT2D eigenvalue weighted by molar-refractivity contribution is 7.87. The molecule has 0 aliphatic carbocycles. The van der Waals surface area contributed by atoms with E-state index in [2.05, 4.69) is 18.6 Å². The van der Waals surface area contributed by atoms with Gasteiger partial charge in [-0.1, -0.05) is 13.8 Å². The maximum absolute atomic E-state index is 13.7. The van der Waals surface area contributed by atoms with Gasteiger partial charge in [-0.3, -0.25) is 0 Å². The van der Waals surface area contributed by atoms with Crippen molar-refractivity contribution < 1.29 is 22.3 Å². The number of fused-ring (bicyclic) bond motifs is 1. The van der Waals surface area contributed by atoms with E-state index in [1.165, 1.54) is 16.4 Å². The van der Waals surface area contributed by atoms with E-state index in [-0.39, 0.29) is 19.2 Å². The maximum Gasteiger partial charge on any atom is 0.279 e. The first-order valence-corrected chi connectivity index (χ1v) is 10.1. The predicted octanol–water partition coefficient (Wildman–Crippen LogP) is 2.05. The van der Waals surface area contributed by atoms with Gasteiger partial charge in [-0.25, -0.2) is 9.11 Å². The average Bonchev–Trinajstić information content (AvgIpc) is 2.53. The molecule has 25 heavy (non-hydrogen) atoms. The monoisotopic (exact) mass is 372 g/mol. The lowest BCUT2D eigenvalue weighted by molar-refractivity contribution is -0.0172. The van der Waals surface area contributed by atoms with Gasteiger partial charge in [-0.2, -0.15) is 12.7 Å². The van der Waals surface area contributed by atoms with Gasteiger partial charge in [0.25, 0.3) is 10.2 Å². The molecule has 0 saturated carbocycles. The first-order valence-electron chi connectivity index (χ1n) is 8.61. The molecule has 0 spiro atoms. The number of benzene rings is 1. The van der Waals surface area contributed by atoms with Crippen molar-refractivity contribution in [2.24, 2.45) is 11.8 Å². The van der Waals surface area contributed by atoms with Crippen molar-refractivity contribution in [2.45, 2.75) is 33.3 Å². The highest BCUT2D eigenvalue weighted by Gasteiger charge is 2.30. The molecular formula is C17H25FN2O4S. The summed E-state index contributed by atoms with van der Waals surface area (Å²) in [6, 6.07) is 2.78. The molecule has 1 fully saturated rings. The van der Waals surface area contributed by atoms with Crippen LogP contribution in [0.1, 0.15) is 31.4 Å². The van der Waals surface area contributed by atoms with Crippen molar-refractivity contribution in [1.82, 2.24) is 9.03 Å². The molecule has 140 valence electrons. The number of ether oxygens (including phenoxy) is 2. The number of rotatable bonds is 5. The molecular weight excluding hydrogens is 347 g/mol. The number of hydrogen-bond acceptors (Lipinski definition) is 4. The zero-order chi connectivity index (χ0) is 18.0. The van der Waals surface area contributed by atoms with Crippen molar-refractivity contribution in [3.8, 4) is 5.75 Å². The molecule has 2 aliphatic rings. The summed E-state index contributed by atoms with van der Waals surface area (Å²) in [6.45, 7) is 5.83. The topological polar surface area (TPSA) is 67.9 Å². The smallest absolute Gasteiger partial charge is 0.279 e. The Morgan fingerprint density at radius 1 is 1.28 bits per heavy atom. The Morgan fingerprint density at radius 2 is 2.00 bits per heavy atom. The molecule has 2 heterocycles. The highest BCUT2D eigenvalue weighted by atomic mass is 32.2. The van der Waals surface area contributed by atoms with Crippen LogP contribution in [0.2, 0.25) is 0 Å². The van der Waals surface area contributed by atoms with Gasteiger partial charge >= 0.3 is 0 Å². The van der Waals surface area contributed by atoms with Crippen molar-refractivity contribution >= 4 is 10.2 Å². The fraction of sp³-hybridized carbons (Fsp3) is 0.647. The zero-order valence-electron chi connectivity index (χ0n) is 14.6. The molecule has 0 aromatic heterocycles. The van der Waals surface area contributed by atoms with E-state index in [9.17, 15) is 12.8 Å². The second-order valence-corrected chi connectivity index (χ2v) is 8.83. The Morgan fingerprint density at radius 3 is 2.72 bits per heavy atom. The molecule has 1 saturated heterocycles. The normalized spacial score (nSPS) is 24.6. The third-order valence-electron chi connectivity index (χ3n) is 4.61. The maximum atomic E-state index is 13.7. The summed E-state index contributed by atoms with van der Waals surface area (Å²) in [5.41, 5.74) is 1.31. The Hall–Kier alpha value is -1.22. The first-order chi connectivity index (χ1) is 11.8. The fourth-order valence-electron chi connectivity index (χ4n) is 3.65. The van der Waals surface area contributed by atoms with Crippen LogP contribution >= 0.6 is 0 Å². The Bertz CT molecular complexity index is 716. The minimum atomic E-state index is -3.53. The van der Waals surface area contributed by atoms with E-state index < -0.39 is 10.2 Å². The largest absolute Gasteiger partial charge is 0.467 e. The van der Waals surface area contributed by atoms with Gasteiger partial charge in [0, 0.05) is 25.2 Å². The van der Waals surface area contributed by atoms with Gasteiger partial charge in [0.15, 0.2) is 6.79 Å². The average molecular weight is 372 g/mol. The van der Waals surface area contributed by atoms with E-state index in [1.807, 2.05) is 0 Å². The van der Waals surface area contributed by atoms with Crippen molar-refractivity contribution in [1.29, 1.82) is 0 Å². The van der Waals surface area contributed by atoms with Crippen LogP contribution in [-0.2, 0) is 28.0 Å². The molecule has 3 rings (SSSR count). The summed E-state index contributed by atoms with van der Waals surface area (Å²) in [7, 11) is -3.53. The molecule has 8 heteroatoms. The second-order valence-electron chi connectivity index (χ2n) is 7.08. The lowest BCUT2D eigenvalue weighted by Crippen LogP contribution is -2.48. The molecule has 1 aromatic carbocycles. The third-order valence-corrected chi connectivity index (χ3v) is 6.15. The molecule has 0 bridgehead atoms. The first kappa shape index (κ1) is 18.6. The van der Waals surface area contributed by atoms with Crippen molar-refractivity contribution in [3.63, 3.8) is 0 Å². The van der Waals surface area contributed by atoms with Crippen LogP contribution in [-0.4, -0.2) is 39.2 Å². The molecule has 0 amide bonds. The lowest BCUT2D eigenvalue weighted by Gasteiger charge is -2.34. The van der Waals surface area contributed by atoms with Gasteiger partial charge < -0.3 is 9.47 Å². The molecule has 1 N–H and O–H groups in total. The Balaban J connectivity index is 1.64. The van der Waals surface area contributed by atoms with Crippen LogP contribution in [0.25, 0.3) is 0 Å². The van der Waals surface area contributed by atoms with E-state index in [4.69, 9.17) is 9.47 Å². The van der Waals surface area contributed by atoms with E-state index in [0.29, 0.717) is 54.8 Å². The van der Waals surface area contributed by atoms with Crippen LogP contribution in [0, 0.1) is 17.7 Å². The molecule has 0 unspecified atom stereocenters. The van der Waals surface area contributed by atoms with E-state index in [0.717, 1.165) is 6.42 Å². The zero-order valence-corrected chi connectivity index (χ0v) is 15.4. The van der Waals surface area contributed by atoms with Gasteiger partial charge in [0.05, 0.1) is 6.61 Å². The number of halogens is 1. The highest BCUT2D eigenvalue weighted by Crippen LogP contribution is 2.29. The number of piperidine rings is 1. The van der Waals surface area contributed by atoms with Gasteiger partial charge in [0.2, 0.25) is 0 Å². The van der Waals surface area contributed by atoms with Gasteiger partial charge in [-0.15, -0.1) is 0 Å². The molecule has 2 atom stereocenters. The summed E-state index contributed by atoms with van der Waals surface area (Å²) in [6.07, 6.45) is 1.40. The van der Waals surface area contributed by atoms with Gasteiger partial charge in [0.1, 0.15) is 11.6 Å².